The zero-order valence-corrected chi connectivity index (χ0v) is 15.4. The summed E-state index contributed by atoms with van der Waals surface area (Å²) in [6.45, 7) is 6.75. The van der Waals surface area contributed by atoms with Crippen molar-refractivity contribution in [2.24, 2.45) is 5.92 Å². The molecule has 7 heteroatoms. The van der Waals surface area contributed by atoms with Gasteiger partial charge in [0.2, 0.25) is 17.7 Å². The highest BCUT2D eigenvalue weighted by Crippen LogP contribution is 2.27. The summed E-state index contributed by atoms with van der Waals surface area (Å²) < 4.78 is 5.06. The van der Waals surface area contributed by atoms with Crippen LogP contribution in [-0.4, -0.2) is 28.5 Å². The topological polar surface area (TPSA) is 88.3 Å². The Labute approximate surface area is 152 Å². The number of hydrogen-bond donors (Lipinski definition) is 1. The molecule has 0 saturated carbocycles. The number of nitrogens with zero attached hydrogens (tertiary/aromatic N) is 3. The summed E-state index contributed by atoms with van der Waals surface area (Å²) in [6, 6.07) is 7.94. The molecule has 2 amide bonds. The van der Waals surface area contributed by atoms with Crippen molar-refractivity contribution in [3.05, 3.63) is 41.5 Å². The minimum absolute atomic E-state index is 0.0338. The number of anilines is 1. The molecule has 1 saturated heterocycles. The first-order chi connectivity index (χ1) is 12.5. The molecule has 1 aromatic carbocycles. The molecule has 1 aliphatic heterocycles. The van der Waals surface area contributed by atoms with Crippen molar-refractivity contribution in [3.63, 3.8) is 0 Å². The average molecular weight is 356 g/mol. The summed E-state index contributed by atoms with van der Waals surface area (Å²) in [5, 5.41) is 6.57. The molecule has 138 valence electrons. The van der Waals surface area contributed by atoms with Gasteiger partial charge in [0.15, 0.2) is 5.82 Å². The van der Waals surface area contributed by atoms with Crippen LogP contribution in [0.2, 0.25) is 0 Å². The summed E-state index contributed by atoms with van der Waals surface area (Å²) in [5.41, 5.74) is 2.06. The molecular formula is C19H24N4O3. The minimum atomic E-state index is -0.374. The third-order valence-electron chi connectivity index (χ3n) is 4.61. The number of carbonyl (C=O) groups is 2. The molecule has 7 nitrogen and oxygen atoms in total. The molecule has 0 bridgehead atoms. The number of aryl methyl sites for hydroxylation is 1. The van der Waals surface area contributed by atoms with Gasteiger partial charge in [0.05, 0.1) is 12.5 Å². The first-order valence-electron chi connectivity index (χ1n) is 8.97. The molecule has 2 aromatic rings. The second kappa shape index (κ2) is 7.68. The molecule has 1 aromatic heterocycles. The van der Waals surface area contributed by atoms with Gasteiger partial charge in [-0.2, -0.15) is 4.98 Å². The predicted molar refractivity (Wildman–Crippen MR) is 96.5 cm³/mol. The maximum Gasteiger partial charge on any atom is 0.246 e. The fraction of sp³-hybridized carbons (Fsp3) is 0.474. The lowest BCUT2D eigenvalue weighted by atomic mass is 10.0. The van der Waals surface area contributed by atoms with E-state index in [0.29, 0.717) is 30.6 Å². The summed E-state index contributed by atoms with van der Waals surface area (Å²) in [7, 11) is 0. The number of rotatable bonds is 6. The Morgan fingerprint density at radius 2 is 2.08 bits per heavy atom. The Hall–Kier alpha value is -2.70. The zero-order chi connectivity index (χ0) is 18.7. The number of nitrogens with one attached hydrogen (secondary N) is 1. The molecule has 1 atom stereocenters. The molecule has 0 unspecified atom stereocenters. The van der Waals surface area contributed by atoms with Gasteiger partial charge in [-0.3, -0.25) is 9.59 Å². The number of hydrogen-bond acceptors (Lipinski definition) is 5. The first kappa shape index (κ1) is 18.1. The number of aromatic nitrogens is 2. The summed E-state index contributed by atoms with van der Waals surface area (Å²) in [6.07, 6.45) is 0.890. The van der Waals surface area contributed by atoms with Gasteiger partial charge in [-0.15, -0.1) is 0 Å². The molecule has 1 aliphatic rings. The molecule has 0 aliphatic carbocycles. The average Bonchev–Trinajstić information content (AvgIpc) is 3.26. The van der Waals surface area contributed by atoms with Gasteiger partial charge in [-0.1, -0.05) is 38.1 Å². The molecule has 1 fully saturated rings. The van der Waals surface area contributed by atoms with Gasteiger partial charge in [0, 0.05) is 25.1 Å². The van der Waals surface area contributed by atoms with E-state index in [9.17, 15) is 9.59 Å². The Morgan fingerprint density at radius 3 is 2.69 bits per heavy atom. The van der Waals surface area contributed by atoms with Gasteiger partial charge >= 0.3 is 0 Å². The second-order valence-corrected chi connectivity index (χ2v) is 6.83. The predicted octanol–water partition coefficient (Wildman–Crippen LogP) is 2.42. The van der Waals surface area contributed by atoms with E-state index >= 15 is 0 Å². The minimum Gasteiger partial charge on any atom is -0.347 e. The lowest BCUT2D eigenvalue weighted by molar-refractivity contribution is -0.126. The van der Waals surface area contributed by atoms with Gasteiger partial charge < -0.3 is 14.7 Å². The van der Waals surface area contributed by atoms with E-state index in [1.54, 1.807) is 4.90 Å². The Bertz CT molecular complexity index is 782. The van der Waals surface area contributed by atoms with Crippen molar-refractivity contribution in [1.82, 2.24) is 15.5 Å². The molecule has 1 N–H and O–H groups in total. The third-order valence-corrected chi connectivity index (χ3v) is 4.61. The largest absolute Gasteiger partial charge is 0.347 e. The SMILES string of the molecule is CCc1noc(CNC(=O)[C@H]2CC(=O)N(c3ccc(C(C)C)cc3)C2)n1. The monoisotopic (exact) mass is 356 g/mol. The smallest absolute Gasteiger partial charge is 0.246 e. The van der Waals surface area contributed by atoms with E-state index in [-0.39, 0.29) is 30.7 Å². The van der Waals surface area contributed by atoms with E-state index in [0.717, 1.165) is 5.69 Å². The quantitative estimate of drug-likeness (QED) is 0.859. The third kappa shape index (κ3) is 3.92. The molecule has 2 heterocycles. The number of carbonyl (C=O) groups excluding carboxylic acids is 2. The standard InChI is InChI=1S/C19H24N4O3/c1-4-16-21-17(26-22-16)10-20-19(25)14-9-18(24)23(11-14)15-7-5-13(6-8-15)12(2)3/h5-8,12,14H,4,9-11H2,1-3H3,(H,20,25)/t14-/m0/s1. The van der Waals surface area contributed by atoms with Crippen molar-refractivity contribution in [1.29, 1.82) is 0 Å². The molecular weight excluding hydrogens is 332 g/mol. The van der Waals surface area contributed by atoms with Crippen LogP contribution in [0.1, 0.15) is 50.4 Å². The van der Waals surface area contributed by atoms with Crippen LogP contribution in [0.3, 0.4) is 0 Å². The lowest BCUT2D eigenvalue weighted by Gasteiger charge is -2.17. The van der Waals surface area contributed by atoms with E-state index in [2.05, 4.69) is 29.3 Å². The first-order valence-corrected chi connectivity index (χ1v) is 8.97. The van der Waals surface area contributed by atoms with E-state index in [1.807, 2.05) is 31.2 Å². The van der Waals surface area contributed by atoms with E-state index < -0.39 is 0 Å². The van der Waals surface area contributed by atoms with Crippen LogP contribution >= 0.6 is 0 Å². The van der Waals surface area contributed by atoms with Crippen LogP contribution in [0.4, 0.5) is 5.69 Å². The summed E-state index contributed by atoms with van der Waals surface area (Å²) in [4.78, 5) is 30.5. The second-order valence-electron chi connectivity index (χ2n) is 6.83. The van der Waals surface area contributed by atoms with Gasteiger partial charge in [0.1, 0.15) is 0 Å². The highest BCUT2D eigenvalue weighted by Gasteiger charge is 2.35. The Balaban J connectivity index is 1.58. The van der Waals surface area contributed by atoms with Crippen LogP contribution in [0.5, 0.6) is 0 Å². The van der Waals surface area contributed by atoms with Gasteiger partial charge in [-0.25, -0.2) is 0 Å². The Morgan fingerprint density at radius 1 is 1.35 bits per heavy atom. The van der Waals surface area contributed by atoms with Crippen molar-refractivity contribution in [2.75, 3.05) is 11.4 Å². The molecule has 3 rings (SSSR count). The highest BCUT2D eigenvalue weighted by atomic mass is 16.5. The van der Waals surface area contributed by atoms with Crippen LogP contribution in [-0.2, 0) is 22.6 Å². The van der Waals surface area contributed by atoms with Crippen molar-refractivity contribution >= 4 is 17.5 Å². The van der Waals surface area contributed by atoms with Crippen molar-refractivity contribution in [2.45, 2.75) is 46.1 Å². The number of amides is 2. The highest BCUT2D eigenvalue weighted by molar-refractivity contribution is 6.00. The van der Waals surface area contributed by atoms with Crippen LogP contribution < -0.4 is 10.2 Å². The van der Waals surface area contributed by atoms with Crippen LogP contribution in [0.15, 0.2) is 28.8 Å². The number of benzene rings is 1. The molecule has 0 spiro atoms. The Kier molecular flexibility index (Phi) is 5.35. The van der Waals surface area contributed by atoms with Crippen LogP contribution in [0, 0.1) is 5.92 Å². The van der Waals surface area contributed by atoms with Crippen molar-refractivity contribution in [3.8, 4) is 0 Å². The maximum absolute atomic E-state index is 12.4. The molecule has 26 heavy (non-hydrogen) atoms. The summed E-state index contributed by atoms with van der Waals surface area (Å²) >= 11 is 0. The lowest BCUT2D eigenvalue weighted by Crippen LogP contribution is -2.32. The fourth-order valence-electron chi connectivity index (χ4n) is 2.98. The van der Waals surface area contributed by atoms with Gasteiger partial charge in [0.25, 0.3) is 0 Å². The van der Waals surface area contributed by atoms with E-state index in [1.165, 1.54) is 5.56 Å². The van der Waals surface area contributed by atoms with Crippen molar-refractivity contribution < 1.29 is 14.1 Å². The zero-order valence-electron chi connectivity index (χ0n) is 15.4. The van der Waals surface area contributed by atoms with Crippen LogP contribution in [0.25, 0.3) is 0 Å². The maximum atomic E-state index is 12.4. The van der Waals surface area contributed by atoms with E-state index in [4.69, 9.17) is 4.52 Å². The fourth-order valence-corrected chi connectivity index (χ4v) is 2.98. The summed E-state index contributed by atoms with van der Waals surface area (Å²) in [5.74, 6) is 0.849. The normalized spacial score (nSPS) is 17.2. The van der Waals surface area contributed by atoms with Gasteiger partial charge in [-0.05, 0) is 23.6 Å². The molecule has 0 radical (unpaired) electrons.